The van der Waals surface area contributed by atoms with Crippen LogP contribution >= 0.6 is 0 Å². The summed E-state index contributed by atoms with van der Waals surface area (Å²) in [6.07, 6.45) is 0. The van der Waals surface area contributed by atoms with E-state index in [0.717, 1.165) is 55.1 Å². The molecule has 154 valence electrons. The van der Waals surface area contributed by atoms with Crippen LogP contribution in [0, 0.1) is 6.92 Å². The van der Waals surface area contributed by atoms with Crippen LogP contribution in [0.1, 0.15) is 38.7 Å². The van der Waals surface area contributed by atoms with Crippen LogP contribution in [0.4, 0.5) is 0 Å². The molecule has 0 bridgehead atoms. The maximum absolute atomic E-state index is 13.2. The number of nitrogens with zero attached hydrogens (tertiary/aromatic N) is 1. The second kappa shape index (κ2) is 9.70. The molecular weight excluding hydrogens is 372 g/mol. The molecule has 1 aliphatic heterocycles. The fourth-order valence-corrected chi connectivity index (χ4v) is 3.94. The van der Waals surface area contributed by atoms with Crippen molar-refractivity contribution in [2.24, 2.45) is 0 Å². The number of hydrogen-bond acceptors (Lipinski definition) is 3. The molecule has 3 aromatic rings. The average Bonchev–Trinajstić information content (AvgIpc) is 2.79. The standard InChI is InChI=1S/C26H28N2O2/c1-20-8-5-6-13-24(20)25(22-10-3-2-4-11-22)27-26(29)23-12-7-9-21(18-23)19-28-14-16-30-17-15-28/h2-13,18,25H,14-17,19H2,1H3,(H,27,29). The Balaban J connectivity index is 1.55. The Labute approximate surface area is 178 Å². The second-order valence-corrected chi connectivity index (χ2v) is 7.76. The van der Waals surface area contributed by atoms with Crippen molar-refractivity contribution in [1.82, 2.24) is 10.2 Å². The highest BCUT2D eigenvalue weighted by Gasteiger charge is 2.20. The third kappa shape index (κ3) is 4.96. The molecule has 1 aliphatic rings. The van der Waals surface area contributed by atoms with Gasteiger partial charge in [0.25, 0.3) is 5.91 Å². The molecule has 0 aromatic heterocycles. The average molecular weight is 401 g/mol. The zero-order valence-electron chi connectivity index (χ0n) is 17.4. The van der Waals surface area contributed by atoms with Crippen molar-refractivity contribution in [2.75, 3.05) is 26.3 Å². The maximum Gasteiger partial charge on any atom is 0.252 e. The Kier molecular flexibility index (Phi) is 6.57. The predicted molar refractivity (Wildman–Crippen MR) is 119 cm³/mol. The molecule has 4 heteroatoms. The molecule has 1 saturated heterocycles. The number of hydrogen-bond donors (Lipinski definition) is 1. The van der Waals surface area contributed by atoms with Crippen LogP contribution in [0.5, 0.6) is 0 Å². The van der Waals surface area contributed by atoms with Gasteiger partial charge in [0.15, 0.2) is 0 Å². The number of nitrogens with one attached hydrogen (secondary N) is 1. The van der Waals surface area contributed by atoms with E-state index < -0.39 is 0 Å². The Bertz CT molecular complexity index is 981. The van der Waals surface area contributed by atoms with Gasteiger partial charge in [-0.3, -0.25) is 9.69 Å². The zero-order chi connectivity index (χ0) is 20.8. The van der Waals surface area contributed by atoms with Crippen LogP contribution < -0.4 is 5.32 Å². The third-order valence-electron chi connectivity index (χ3n) is 5.61. The molecule has 1 fully saturated rings. The summed E-state index contributed by atoms with van der Waals surface area (Å²) in [5, 5.41) is 3.27. The number of amides is 1. The van der Waals surface area contributed by atoms with Gasteiger partial charge in [0, 0.05) is 25.2 Å². The van der Waals surface area contributed by atoms with E-state index >= 15 is 0 Å². The predicted octanol–water partition coefficient (Wildman–Crippen LogP) is 4.35. The molecule has 4 nitrogen and oxygen atoms in total. The van der Waals surface area contributed by atoms with E-state index in [1.807, 2.05) is 48.5 Å². The molecule has 1 unspecified atom stereocenters. The van der Waals surface area contributed by atoms with Crippen molar-refractivity contribution < 1.29 is 9.53 Å². The van der Waals surface area contributed by atoms with Gasteiger partial charge in [0.05, 0.1) is 19.3 Å². The molecule has 3 aromatic carbocycles. The van der Waals surface area contributed by atoms with Crippen LogP contribution in [0.3, 0.4) is 0 Å². The van der Waals surface area contributed by atoms with Crippen molar-refractivity contribution in [3.63, 3.8) is 0 Å². The van der Waals surface area contributed by atoms with Crippen LogP contribution in [0.25, 0.3) is 0 Å². The van der Waals surface area contributed by atoms with Crippen molar-refractivity contribution in [1.29, 1.82) is 0 Å². The van der Waals surface area contributed by atoms with E-state index in [4.69, 9.17) is 4.74 Å². The van der Waals surface area contributed by atoms with E-state index in [9.17, 15) is 4.79 Å². The SMILES string of the molecule is Cc1ccccc1C(NC(=O)c1cccc(CN2CCOCC2)c1)c1ccccc1. The molecule has 0 aliphatic carbocycles. The summed E-state index contributed by atoms with van der Waals surface area (Å²) in [6, 6.07) is 26.1. The lowest BCUT2D eigenvalue weighted by molar-refractivity contribution is 0.0342. The number of aryl methyl sites for hydroxylation is 1. The second-order valence-electron chi connectivity index (χ2n) is 7.76. The molecule has 1 atom stereocenters. The van der Waals surface area contributed by atoms with Gasteiger partial charge in [-0.1, -0.05) is 66.7 Å². The van der Waals surface area contributed by atoms with Crippen molar-refractivity contribution in [2.45, 2.75) is 19.5 Å². The molecule has 0 radical (unpaired) electrons. The summed E-state index contributed by atoms with van der Waals surface area (Å²) in [4.78, 5) is 15.6. The molecular formula is C26H28N2O2. The number of benzene rings is 3. The number of ether oxygens (including phenoxy) is 1. The van der Waals surface area contributed by atoms with Gasteiger partial charge < -0.3 is 10.1 Å². The number of morpholine rings is 1. The Morgan fingerprint density at radius 2 is 1.70 bits per heavy atom. The van der Waals surface area contributed by atoms with Crippen molar-refractivity contribution in [3.05, 3.63) is 107 Å². The van der Waals surface area contributed by atoms with Crippen molar-refractivity contribution >= 4 is 5.91 Å². The summed E-state index contributed by atoms with van der Waals surface area (Å²) in [5.74, 6) is -0.0593. The minimum absolute atomic E-state index is 0.0593. The first-order valence-electron chi connectivity index (χ1n) is 10.5. The molecule has 0 spiro atoms. The summed E-state index contributed by atoms with van der Waals surface area (Å²) in [5.41, 5.74) is 5.19. The lowest BCUT2D eigenvalue weighted by Crippen LogP contribution is -2.35. The molecule has 0 saturated carbocycles. The van der Waals surface area contributed by atoms with Gasteiger partial charge in [-0.25, -0.2) is 0 Å². The van der Waals surface area contributed by atoms with E-state index in [1.54, 1.807) is 0 Å². The smallest absolute Gasteiger partial charge is 0.252 e. The fraction of sp³-hybridized carbons (Fsp3) is 0.269. The summed E-state index contributed by atoms with van der Waals surface area (Å²) < 4.78 is 5.43. The molecule has 1 amide bonds. The molecule has 1 N–H and O–H groups in total. The van der Waals surface area contributed by atoms with E-state index in [2.05, 4.69) is 47.5 Å². The molecule has 1 heterocycles. The number of carbonyl (C=O) groups excluding carboxylic acids is 1. The number of rotatable bonds is 6. The normalized spacial score (nSPS) is 15.5. The van der Waals surface area contributed by atoms with Gasteiger partial charge in [-0.15, -0.1) is 0 Å². The minimum Gasteiger partial charge on any atom is -0.379 e. The summed E-state index contributed by atoms with van der Waals surface area (Å²) in [7, 11) is 0. The zero-order valence-corrected chi connectivity index (χ0v) is 17.4. The maximum atomic E-state index is 13.2. The van der Waals surface area contributed by atoms with E-state index in [0.29, 0.717) is 5.56 Å². The van der Waals surface area contributed by atoms with Crippen LogP contribution in [-0.4, -0.2) is 37.1 Å². The Hall–Kier alpha value is -2.95. The molecule has 30 heavy (non-hydrogen) atoms. The third-order valence-corrected chi connectivity index (χ3v) is 5.61. The van der Waals surface area contributed by atoms with Gasteiger partial charge in [0.1, 0.15) is 0 Å². The summed E-state index contributed by atoms with van der Waals surface area (Å²) in [6.45, 7) is 6.33. The monoisotopic (exact) mass is 400 g/mol. The lowest BCUT2D eigenvalue weighted by Gasteiger charge is -2.26. The minimum atomic E-state index is -0.192. The van der Waals surface area contributed by atoms with Crippen LogP contribution in [0.15, 0.2) is 78.9 Å². The van der Waals surface area contributed by atoms with Gasteiger partial charge in [0.2, 0.25) is 0 Å². The first-order chi connectivity index (χ1) is 14.7. The largest absolute Gasteiger partial charge is 0.379 e. The molecule has 4 rings (SSSR count). The number of carbonyl (C=O) groups is 1. The fourth-order valence-electron chi connectivity index (χ4n) is 3.94. The topological polar surface area (TPSA) is 41.6 Å². The van der Waals surface area contributed by atoms with Gasteiger partial charge in [-0.2, -0.15) is 0 Å². The van der Waals surface area contributed by atoms with Gasteiger partial charge in [-0.05, 0) is 41.3 Å². The van der Waals surface area contributed by atoms with Gasteiger partial charge >= 0.3 is 0 Å². The highest BCUT2D eigenvalue weighted by molar-refractivity contribution is 5.94. The Morgan fingerprint density at radius 1 is 0.967 bits per heavy atom. The summed E-state index contributed by atoms with van der Waals surface area (Å²) >= 11 is 0. The van der Waals surface area contributed by atoms with E-state index in [-0.39, 0.29) is 11.9 Å². The van der Waals surface area contributed by atoms with Crippen LogP contribution in [0.2, 0.25) is 0 Å². The first-order valence-corrected chi connectivity index (χ1v) is 10.5. The van der Waals surface area contributed by atoms with E-state index in [1.165, 1.54) is 0 Å². The first kappa shape index (κ1) is 20.3. The highest BCUT2D eigenvalue weighted by Crippen LogP contribution is 2.25. The Morgan fingerprint density at radius 3 is 2.47 bits per heavy atom. The highest BCUT2D eigenvalue weighted by atomic mass is 16.5. The lowest BCUT2D eigenvalue weighted by atomic mass is 9.94. The van der Waals surface area contributed by atoms with Crippen LogP contribution in [-0.2, 0) is 11.3 Å². The van der Waals surface area contributed by atoms with Crippen molar-refractivity contribution in [3.8, 4) is 0 Å². The quantitative estimate of drug-likeness (QED) is 0.669.